The molecule has 0 aromatic rings. The van der Waals surface area contributed by atoms with Crippen molar-refractivity contribution in [1.82, 2.24) is 5.32 Å². The average molecular weight is 206 g/mol. The van der Waals surface area contributed by atoms with Crippen molar-refractivity contribution in [3.05, 3.63) is 11.6 Å². The molecule has 0 amide bonds. The van der Waals surface area contributed by atoms with Gasteiger partial charge in [-0.1, -0.05) is 18.2 Å². The lowest BCUT2D eigenvalue weighted by Gasteiger charge is -2.07. The Balaban J connectivity index is 2.96. The number of nitrogens with one attached hydrogen (secondary N) is 1. The topological polar surface area (TPSA) is 21.3 Å². The molecule has 0 aromatic carbocycles. The zero-order valence-electron chi connectivity index (χ0n) is 8.61. The maximum atomic E-state index is 5.58. The zero-order chi connectivity index (χ0) is 10.1. The molecule has 2 nitrogen and oxygen atoms in total. The number of hydrogen-bond acceptors (Lipinski definition) is 2. The summed E-state index contributed by atoms with van der Waals surface area (Å²) in [6.07, 6.45) is 2.56. The molecule has 0 radical (unpaired) electrons. The van der Waals surface area contributed by atoms with Crippen molar-refractivity contribution in [3.8, 4) is 0 Å². The van der Waals surface area contributed by atoms with Crippen LogP contribution in [0, 0.1) is 0 Å². The molecule has 3 heteroatoms. The molecule has 0 aliphatic heterocycles. The van der Waals surface area contributed by atoms with E-state index in [-0.39, 0.29) is 0 Å². The van der Waals surface area contributed by atoms with Gasteiger partial charge in [0.15, 0.2) is 0 Å². The first-order valence-electron chi connectivity index (χ1n) is 4.78. The van der Waals surface area contributed by atoms with E-state index in [4.69, 9.17) is 16.3 Å². The highest BCUT2D eigenvalue weighted by Crippen LogP contribution is 1.95. The van der Waals surface area contributed by atoms with Gasteiger partial charge in [0, 0.05) is 18.2 Å². The molecule has 0 aliphatic carbocycles. The van der Waals surface area contributed by atoms with Crippen molar-refractivity contribution in [3.63, 3.8) is 0 Å². The second-order valence-electron chi connectivity index (χ2n) is 3.32. The van der Waals surface area contributed by atoms with Gasteiger partial charge in [-0.05, 0) is 33.2 Å². The molecule has 0 atom stereocenters. The van der Waals surface area contributed by atoms with Crippen LogP contribution < -0.4 is 5.32 Å². The van der Waals surface area contributed by atoms with Crippen LogP contribution in [0.2, 0.25) is 0 Å². The molecule has 13 heavy (non-hydrogen) atoms. The van der Waals surface area contributed by atoms with Crippen molar-refractivity contribution in [2.45, 2.75) is 32.8 Å². The summed E-state index contributed by atoms with van der Waals surface area (Å²) in [5, 5.41) is 3.85. The van der Waals surface area contributed by atoms with Gasteiger partial charge in [-0.25, -0.2) is 0 Å². The van der Waals surface area contributed by atoms with Crippen LogP contribution >= 0.6 is 11.6 Å². The Morgan fingerprint density at radius 3 is 2.69 bits per heavy atom. The Bertz CT molecular complexity index is 137. The smallest absolute Gasteiger partial charge is 0.0518 e. The van der Waals surface area contributed by atoms with Gasteiger partial charge < -0.3 is 10.1 Å². The molecule has 0 rings (SSSR count). The predicted octanol–water partition coefficient (Wildman–Crippen LogP) is 2.53. The fourth-order valence-corrected chi connectivity index (χ4v) is 0.990. The van der Waals surface area contributed by atoms with Gasteiger partial charge in [0.1, 0.15) is 0 Å². The standard InChI is InChI=1S/C10H20ClNO/c1-9(2)13-7-5-4-6-12-8-10(3)11/h9,12H,3-8H2,1-2H3. The SMILES string of the molecule is C=C(Cl)CNCCCCOC(C)C. The van der Waals surface area contributed by atoms with Crippen molar-refractivity contribution < 1.29 is 4.74 Å². The first-order chi connectivity index (χ1) is 6.13. The maximum absolute atomic E-state index is 5.58. The molecule has 1 N–H and O–H groups in total. The van der Waals surface area contributed by atoms with Gasteiger partial charge >= 0.3 is 0 Å². The summed E-state index contributed by atoms with van der Waals surface area (Å²) in [6, 6.07) is 0. The minimum Gasteiger partial charge on any atom is -0.379 e. The van der Waals surface area contributed by atoms with Crippen molar-refractivity contribution in [2.24, 2.45) is 0 Å². The van der Waals surface area contributed by atoms with Crippen LogP contribution in [0.15, 0.2) is 11.6 Å². The van der Waals surface area contributed by atoms with E-state index in [0.29, 0.717) is 17.7 Å². The van der Waals surface area contributed by atoms with E-state index in [9.17, 15) is 0 Å². The summed E-state index contributed by atoms with van der Waals surface area (Å²) in [5.41, 5.74) is 0. The molecule has 0 unspecified atom stereocenters. The first-order valence-corrected chi connectivity index (χ1v) is 5.16. The lowest BCUT2D eigenvalue weighted by molar-refractivity contribution is 0.0761. The normalized spacial score (nSPS) is 10.8. The monoisotopic (exact) mass is 205 g/mol. The summed E-state index contributed by atoms with van der Waals surface area (Å²) in [5.74, 6) is 0. The molecule has 0 aromatic heterocycles. The summed E-state index contributed by atoms with van der Waals surface area (Å²) in [6.45, 7) is 10.2. The van der Waals surface area contributed by atoms with E-state index in [2.05, 4.69) is 25.7 Å². The molecule has 0 saturated heterocycles. The van der Waals surface area contributed by atoms with E-state index in [1.165, 1.54) is 0 Å². The Kier molecular flexibility index (Phi) is 8.51. The number of hydrogen-bond donors (Lipinski definition) is 1. The van der Waals surface area contributed by atoms with E-state index < -0.39 is 0 Å². The minimum absolute atomic E-state index is 0.343. The van der Waals surface area contributed by atoms with Crippen LogP contribution in [0.5, 0.6) is 0 Å². The maximum Gasteiger partial charge on any atom is 0.0518 e. The molecule has 0 spiro atoms. The van der Waals surface area contributed by atoms with E-state index in [0.717, 1.165) is 26.0 Å². The lowest BCUT2D eigenvalue weighted by atomic mass is 10.3. The lowest BCUT2D eigenvalue weighted by Crippen LogP contribution is -2.17. The first kappa shape index (κ1) is 12.9. The van der Waals surface area contributed by atoms with Gasteiger partial charge in [-0.15, -0.1) is 0 Å². The Hall–Kier alpha value is -0.0500. The number of unbranched alkanes of at least 4 members (excludes halogenated alkanes) is 1. The molecule has 0 bridgehead atoms. The Labute approximate surface area is 86.3 Å². The Morgan fingerprint density at radius 1 is 1.46 bits per heavy atom. The van der Waals surface area contributed by atoms with Crippen molar-refractivity contribution in [2.75, 3.05) is 19.7 Å². The average Bonchev–Trinajstić information content (AvgIpc) is 2.01. The van der Waals surface area contributed by atoms with Gasteiger partial charge in [0.05, 0.1) is 6.10 Å². The van der Waals surface area contributed by atoms with Crippen LogP contribution in [-0.4, -0.2) is 25.8 Å². The molecule has 0 aliphatic rings. The molecule has 0 saturated carbocycles. The van der Waals surface area contributed by atoms with Gasteiger partial charge in [-0.3, -0.25) is 0 Å². The summed E-state index contributed by atoms with van der Waals surface area (Å²) < 4.78 is 5.40. The summed E-state index contributed by atoms with van der Waals surface area (Å²) in [4.78, 5) is 0. The highest BCUT2D eigenvalue weighted by Gasteiger charge is 1.93. The largest absolute Gasteiger partial charge is 0.379 e. The van der Waals surface area contributed by atoms with Crippen molar-refractivity contribution >= 4 is 11.6 Å². The van der Waals surface area contributed by atoms with E-state index in [1.54, 1.807) is 0 Å². The fourth-order valence-electron chi connectivity index (χ4n) is 0.895. The number of rotatable bonds is 8. The minimum atomic E-state index is 0.343. The van der Waals surface area contributed by atoms with Crippen LogP contribution in [-0.2, 0) is 4.74 Å². The second-order valence-corrected chi connectivity index (χ2v) is 3.86. The third-order valence-corrected chi connectivity index (χ3v) is 1.65. The quantitative estimate of drug-likeness (QED) is 0.615. The highest BCUT2D eigenvalue weighted by molar-refractivity contribution is 6.29. The molecule has 0 heterocycles. The number of halogens is 1. The summed E-state index contributed by atoms with van der Waals surface area (Å²) in [7, 11) is 0. The van der Waals surface area contributed by atoms with Gasteiger partial charge in [0.25, 0.3) is 0 Å². The molecule has 78 valence electrons. The van der Waals surface area contributed by atoms with Crippen LogP contribution in [0.1, 0.15) is 26.7 Å². The van der Waals surface area contributed by atoms with Crippen LogP contribution in [0.3, 0.4) is 0 Å². The van der Waals surface area contributed by atoms with E-state index in [1.807, 2.05) is 0 Å². The third kappa shape index (κ3) is 12.0. The Morgan fingerprint density at radius 2 is 2.15 bits per heavy atom. The second kappa shape index (κ2) is 8.54. The fraction of sp³-hybridized carbons (Fsp3) is 0.800. The summed E-state index contributed by atoms with van der Waals surface area (Å²) >= 11 is 5.58. The van der Waals surface area contributed by atoms with E-state index >= 15 is 0 Å². The third-order valence-electron chi connectivity index (χ3n) is 1.52. The zero-order valence-corrected chi connectivity index (χ0v) is 9.36. The molecule has 0 fully saturated rings. The van der Waals surface area contributed by atoms with Crippen molar-refractivity contribution in [1.29, 1.82) is 0 Å². The molecular weight excluding hydrogens is 186 g/mol. The highest BCUT2D eigenvalue weighted by atomic mass is 35.5. The van der Waals surface area contributed by atoms with Gasteiger partial charge in [0.2, 0.25) is 0 Å². The number of ether oxygens (including phenoxy) is 1. The molecular formula is C10H20ClNO. The van der Waals surface area contributed by atoms with Gasteiger partial charge in [-0.2, -0.15) is 0 Å². The van der Waals surface area contributed by atoms with Crippen LogP contribution in [0.4, 0.5) is 0 Å². The predicted molar refractivity (Wildman–Crippen MR) is 58.2 cm³/mol. The van der Waals surface area contributed by atoms with Crippen LogP contribution in [0.25, 0.3) is 0 Å².